The number of rotatable bonds is 7. The van der Waals surface area contributed by atoms with E-state index in [-0.39, 0.29) is 11.1 Å². The highest BCUT2D eigenvalue weighted by Crippen LogP contribution is 2.57. The Labute approximate surface area is 358 Å². The average molecular weight is 761 g/mol. The fraction of sp³-hybridized carbons (Fsp3) is 0.0175. The molecule has 10 aromatic rings. The van der Waals surface area contributed by atoms with Crippen LogP contribution in [0.2, 0.25) is 0 Å². The number of benzene rings is 9. The van der Waals surface area contributed by atoms with E-state index in [0.717, 1.165) is 49.8 Å². The van der Waals surface area contributed by atoms with Crippen LogP contribution in [0.3, 0.4) is 0 Å². The van der Waals surface area contributed by atoms with Crippen LogP contribution < -0.4 is 0 Å². The van der Waals surface area contributed by atoms with E-state index in [2.05, 4.69) is 24.3 Å². The van der Waals surface area contributed by atoms with Gasteiger partial charge in [0.25, 0.3) is 0 Å². The minimum absolute atomic E-state index is 0.210. The van der Waals surface area contributed by atoms with Crippen LogP contribution in [0.5, 0.6) is 0 Å². The number of hydrogen-bond donors (Lipinski definition) is 0. The summed E-state index contributed by atoms with van der Waals surface area (Å²) in [5.74, 6) is 0.564. The van der Waals surface area contributed by atoms with E-state index in [1.165, 1.54) is 0 Å². The second-order valence-corrected chi connectivity index (χ2v) is 14.5. The van der Waals surface area contributed by atoms with Crippen molar-refractivity contribution in [3.63, 3.8) is 0 Å². The highest BCUT2D eigenvalue weighted by Gasteiger charge is 2.46. The topological polar surface area (TPSA) is 25.8 Å². The highest BCUT2D eigenvalue weighted by molar-refractivity contribution is 6.05. The molecule has 0 fully saturated rings. The molecule has 2 heteroatoms. The maximum absolute atomic E-state index is 9.44. The number of aromatic nitrogens is 2. The first-order chi connectivity index (χ1) is 33.4. The van der Waals surface area contributed by atoms with E-state index < -0.39 is 65.8 Å². The molecule has 0 saturated heterocycles. The van der Waals surface area contributed by atoms with Gasteiger partial charge in [0, 0.05) is 16.7 Å². The lowest BCUT2D eigenvalue weighted by Crippen LogP contribution is -2.28. The van der Waals surface area contributed by atoms with Gasteiger partial charge in [0.15, 0.2) is 5.82 Å². The Kier molecular flexibility index (Phi) is 6.22. The van der Waals surface area contributed by atoms with Gasteiger partial charge in [-0.25, -0.2) is 9.97 Å². The molecule has 0 saturated carbocycles. The fourth-order valence-corrected chi connectivity index (χ4v) is 8.78. The summed E-state index contributed by atoms with van der Waals surface area (Å²) in [5, 5.41) is 1.76. The molecule has 0 unspecified atom stereocenters. The lowest BCUT2D eigenvalue weighted by molar-refractivity contribution is 0.769. The maximum Gasteiger partial charge on any atom is 0.160 e. The SMILES string of the molecule is [2H]c1c([2H])c([2H])c(C2(c3c([2H])c([2H])c([2H])c([2H])c3[2H])c3ccccc3-c3ccc(-c4ccc(-c5cc(-c6ccccc6-c6ccccc6)nc(-c6ccccc6)n5)c5ccccc45)cc32)c([2H])c1[2H]. The van der Waals surface area contributed by atoms with Crippen LogP contribution in [0.1, 0.15) is 36.0 Å². The second kappa shape index (κ2) is 14.4. The van der Waals surface area contributed by atoms with Gasteiger partial charge in [-0.05, 0) is 78.5 Å². The first kappa shape index (κ1) is 25.5. The van der Waals surface area contributed by atoms with E-state index in [1.54, 1.807) is 12.1 Å². The van der Waals surface area contributed by atoms with Crippen molar-refractivity contribution in [1.82, 2.24) is 9.97 Å². The smallest absolute Gasteiger partial charge is 0.160 e. The van der Waals surface area contributed by atoms with Gasteiger partial charge in [-0.1, -0.05) is 218 Å². The quantitative estimate of drug-likeness (QED) is 0.162. The Morgan fingerprint density at radius 1 is 0.339 bits per heavy atom. The third-order valence-electron chi connectivity index (χ3n) is 11.4. The van der Waals surface area contributed by atoms with E-state index >= 15 is 0 Å². The van der Waals surface area contributed by atoms with Gasteiger partial charge in [0.2, 0.25) is 0 Å². The van der Waals surface area contributed by atoms with E-state index in [0.29, 0.717) is 39.3 Å². The van der Waals surface area contributed by atoms with Crippen molar-refractivity contribution in [3.8, 4) is 67.3 Å². The van der Waals surface area contributed by atoms with Gasteiger partial charge >= 0.3 is 0 Å². The first-order valence-electron chi connectivity index (χ1n) is 24.4. The molecule has 0 aliphatic heterocycles. The fourth-order valence-electron chi connectivity index (χ4n) is 8.78. The van der Waals surface area contributed by atoms with Gasteiger partial charge in [-0.3, -0.25) is 0 Å². The van der Waals surface area contributed by atoms with Gasteiger partial charge in [0.05, 0.1) is 30.5 Å². The van der Waals surface area contributed by atoms with Gasteiger partial charge in [0.1, 0.15) is 0 Å². The Bertz CT molecular complexity index is 3620. The monoisotopic (exact) mass is 760 g/mol. The van der Waals surface area contributed by atoms with Crippen LogP contribution in [0.25, 0.3) is 78.1 Å². The summed E-state index contributed by atoms with van der Waals surface area (Å²) >= 11 is 0. The van der Waals surface area contributed by atoms with Crippen LogP contribution in [0.4, 0.5) is 0 Å². The Morgan fingerprint density at radius 3 is 1.51 bits per heavy atom. The summed E-state index contributed by atoms with van der Waals surface area (Å²) in [7, 11) is 0. The highest BCUT2D eigenvalue weighted by atomic mass is 14.9. The minimum Gasteiger partial charge on any atom is -0.228 e. The predicted octanol–water partition coefficient (Wildman–Crippen LogP) is 14.3. The summed E-state index contributed by atoms with van der Waals surface area (Å²) in [6.07, 6.45) is 0. The normalized spacial score (nSPS) is 14.9. The van der Waals surface area contributed by atoms with Crippen LogP contribution in [0.15, 0.2) is 230 Å². The summed E-state index contributed by atoms with van der Waals surface area (Å²) in [4.78, 5) is 10.4. The van der Waals surface area contributed by atoms with E-state index in [1.807, 2.05) is 133 Å². The number of fused-ring (bicyclic) bond motifs is 4. The van der Waals surface area contributed by atoms with Crippen molar-refractivity contribution in [2.24, 2.45) is 0 Å². The molecule has 1 heterocycles. The van der Waals surface area contributed by atoms with Crippen LogP contribution in [-0.2, 0) is 5.41 Å². The predicted molar refractivity (Wildman–Crippen MR) is 244 cm³/mol. The summed E-state index contributed by atoms with van der Waals surface area (Å²) in [6.45, 7) is 0. The Hall–Kier alpha value is -7.68. The van der Waals surface area contributed by atoms with Gasteiger partial charge < -0.3 is 0 Å². The Morgan fingerprint density at radius 2 is 0.831 bits per heavy atom. The third-order valence-corrected chi connectivity index (χ3v) is 11.4. The standard InChI is InChI=1S/C57H38N2/c1-5-19-39(20-6-1)44-27-13-16-31-50(44)54-38-55(59-56(58-54)40-21-7-2-8-22-40)51-36-35-45(46-28-14-15-29-47(46)51)41-33-34-49-48-30-17-18-32-52(48)57(53(49)37-41,42-23-9-3-10-24-42)43-25-11-4-12-26-43/h1-38H/i3D,4D,9D,10D,11D,12D,23D,24D,25D,26D. The van der Waals surface area contributed by atoms with Gasteiger partial charge in [-0.15, -0.1) is 0 Å². The van der Waals surface area contributed by atoms with Crippen LogP contribution in [-0.4, -0.2) is 9.97 Å². The molecule has 0 spiro atoms. The molecular formula is C57H38N2. The lowest BCUT2D eigenvalue weighted by Gasteiger charge is -2.34. The molecule has 11 rings (SSSR count). The molecule has 276 valence electrons. The number of hydrogen-bond acceptors (Lipinski definition) is 2. The third kappa shape index (κ3) is 5.72. The molecule has 0 N–H and O–H groups in total. The molecule has 0 bridgehead atoms. The molecular weight excluding hydrogens is 713 g/mol. The van der Waals surface area contributed by atoms with Crippen LogP contribution in [0, 0.1) is 0 Å². The molecule has 1 aliphatic rings. The summed E-state index contributed by atoms with van der Waals surface area (Å²) in [6, 6.07) is 49.5. The lowest BCUT2D eigenvalue weighted by atomic mass is 9.67. The molecule has 59 heavy (non-hydrogen) atoms. The molecule has 2 nitrogen and oxygen atoms in total. The summed E-state index contributed by atoms with van der Waals surface area (Å²) in [5.41, 5.74) is 7.44. The summed E-state index contributed by atoms with van der Waals surface area (Å²) < 4.78 is 90.3. The minimum atomic E-state index is -1.96. The molecule has 1 aromatic heterocycles. The molecule has 0 radical (unpaired) electrons. The first-order valence-corrected chi connectivity index (χ1v) is 19.4. The molecule has 0 atom stereocenters. The Balaban J connectivity index is 1.17. The van der Waals surface area contributed by atoms with Crippen molar-refractivity contribution < 1.29 is 13.7 Å². The van der Waals surface area contributed by atoms with Crippen molar-refractivity contribution in [2.45, 2.75) is 5.41 Å². The van der Waals surface area contributed by atoms with Crippen LogP contribution >= 0.6 is 0 Å². The number of nitrogens with zero attached hydrogens (tertiary/aromatic N) is 2. The molecule has 9 aromatic carbocycles. The zero-order chi connectivity index (χ0) is 47.9. The zero-order valence-corrected chi connectivity index (χ0v) is 31.6. The van der Waals surface area contributed by atoms with Crippen molar-refractivity contribution in [2.75, 3.05) is 0 Å². The molecule has 1 aliphatic carbocycles. The van der Waals surface area contributed by atoms with Crippen molar-refractivity contribution >= 4 is 10.8 Å². The molecule has 0 amide bonds. The van der Waals surface area contributed by atoms with Crippen molar-refractivity contribution in [1.29, 1.82) is 0 Å². The maximum atomic E-state index is 9.44. The average Bonchev–Trinajstić information content (AvgIpc) is 3.68. The van der Waals surface area contributed by atoms with E-state index in [9.17, 15) is 5.48 Å². The second-order valence-electron chi connectivity index (χ2n) is 14.5. The van der Waals surface area contributed by atoms with Gasteiger partial charge in [-0.2, -0.15) is 0 Å². The largest absolute Gasteiger partial charge is 0.228 e. The van der Waals surface area contributed by atoms with Crippen molar-refractivity contribution in [3.05, 3.63) is 253 Å². The zero-order valence-electron chi connectivity index (χ0n) is 41.6. The van der Waals surface area contributed by atoms with E-state index in [4.69, 9.17) is 18.2 Å².